The first-order valence-electron chi connectivity index (χ1n) is 10.2. The molecule has 0 radical (unpaired) electrons. The Labute approximate surface area is 194 Å². The van der Waals surface area contributed by atoms with Crippen molar-refractivity contribution in [1.82, 2.24) is 19.9 Å². The van der Waals surface area contributed by atoms with Gasteiger partial charge >= 0.3 is 5.97 Å². The quantitative estimate of drug-likeness (QED) is 0.385. The molecule has 4 aromatic rings. The molecule has 0 spiro atoms. The van der Waals surface area contributed by atoms with Gasteiger partial charge in [-0.3, -0.25) is 4.79 Å². The predicted octanol–water partition coefficient (Wildman–Crippen LogP) is 4.32. The molecule has 1 N–H and O–H groups in total. The molecule has 2 aromatic carbocycles. The van der Waals surface area contributed by atoms with Crippen molar-refractivity contribution in [2.45, 2.75) is 19.8 Å². The maximum atomic E-state index is 12.3. The normalized spacial score (nSPS) is 10.7. The van der Waals surface area contributed by atoms with Gasteiger partial charge in [0.25, 0.3) is 0 Å². The summed E-state index contributed by atoms with van der Waals surface area (Å²) in [5.41, 5.74) is 2.39. The summed E-state index contributed by atoms with van der Waals surface area (Å²) in [5.74, 6) is 0.170. The van der Waals surface area contributed by atoms with E-state index in [2.05, 4.69) is 20.6 Å². The standard InChI is InChI=1S/C23H20ClN5O4/c1-2-32-23(31)19-13-14-29(27-19)18-9-7-17(8-10-18)25-20(30)11-12-21-26-22(28-33-21)15-3-5-16(24)6-4-15/h3-10,13-14H,2,11-12H2,1H3,(H,25,30). The van der Waals surface area contributed by atoms with Crippen LogP contribution in [-0.2, 0) is 16.0 Å². The van der Waals surface area contributed by atoms with E-state index < -0.39 is 5.97 Å². The van der Waals surface area contributed by atoms with Crippen molar-refractivity contribution in [3.8, 4) is 17.1 Å². The number of carbonyl (C=O) groups excluding carboxylic acids is 2. The van der Waals surface area contributed by atoms with E-state index in [9.17, 15) is 9.59 Å². The number of aryl methyl sites for hydroxylation is 1. The van der Waals surface area contributed by atoms with Gasteiger partial charge in [0.1, 0.15) is 0 Å². The van der Waals surface area contributed by atoms with Crippen molar-refractivity contribution < 1.29 is 18.8 Å². The number of esters is 1. The van der Waals surface area contributed by atoms with Crippen molar-refractivity contribution in [2.75, 3.05) is 11.9 Å². The number of ether oxygens (including phenoxy) is 1. The van der Waals surface area contributed by atoms with E-state index in [0.717, 1.165) is 11.3 Å². The number of nitrogens with zero attached hydrogens (tertiary/aromatic N) is 4. The lowest BCUT2D eigenvalue weighted by Gasteiger charge is -2.06. The Kier molecular flexibility index (Phi) is 6.80. The van der Waals surface area contributed by atoms with E-state index in [1.54, 1.807) is 72.4 Å². The van der Waals surface area contributed by atoms with Crippen LogP contribution in [0, 0.1) is 0 Å². The molecule has 4 rings (SSSR count). The highest BCUT2D eigenvalue weighted by Gasteiger charge is 2.12. The van der Waals surface area contributed by atoms with E-state index in [-0.39, 0.29) is 24.6 Å². The molecule has 0 saturated carbocycles. The fraction of sp³-hybridized carbons (Fsp3) is 0.174. The topological polar surface area (TPSA) is 112 Å². The van der Waals surface area contributed by atoms with E-state index >= 15 is 0 Å². The number of aromatic nitrogens is 4. The zero-order valence-electron chi connectivity index (χ0n) is 17.7. The van der Waals surface area contributed by atoms with E-state index in [4.69, 9.17) is 20.9 Å². The summed E-state index contributed by atoms with van der Waals surface area (Å²) in [6.07, 6.45) is 2.17. The number of benzene rings is 2. The highest BCUT2D eigenvalue weighted by molar-refractivity contribution is 6.30. The fourth-order valence-corrected chi connectivity index (χ4v) is 3.12. The van der Waals surface area contributed by atoms with E-state index in [0.29, 0.717) is 28.8 Å². The van der Waals surface area contributed by atoms with Crippen molar-refractivity contribution in [2.24, 2.45) is 0 Å². The molecule has 1 amide bonds. The van der Waals surface area contributed by atoms with Gasteiger partial charge in [0.15, 0.2) is 5.69 Å². The van der Waals surface area contributed by atoms with Gasteiger partial charge in [-0.05, 0) is 61.5 Å². The van der Waals surface area contributed by atoms with Crippen LogP contribution >= 0.6 is 11.6 Å². The molecule has 0 atom stereocenters. The Hall–Kier alpha value is -3.98. The first kappa shape index (κ1) is 22.2. The van der Waals surface area contributed by atoms with Gasteiger partial charge in [0.05, 0.1) is 12.3 Å². The Bertz CT molecular complexity index is 1250. The number of carbonyl (C=O) groups is 2. The van der Waals surface area contributed by atoms with Gasteiger partial charge in [0, 0.05) is 35.3 Å². The Morgan fingerprint density at radius 2 is 1.85 bits per heavy atom. The van der Waals surface area contributed by atoms with E-state index in [1.807, 2.05) is 0 Å². The number of nitrogens with one attached hydrogen (secondary N) is 1. The van der Waals surface area contributed by atoms with Crippen LogP contribution in [0.3, 0.4) is 0 Å². The molecule has 0 bridgehead atoms. The Morgan fingerprint density at radius 1 is 1.09 bits per heavy atom. The van der Waals surface area contributed by atoms with Gasteiger partial charge in [-0.1, -0.05) is 16.8 Å². The lowest BCUT2D eigenvalue weighted by molar-refractivity contribution is -0.116. The Morgan fingerprint density at radius 3 is 2.58 bits per heavy atom. The van der Waals surface area contributed by atoms with Crippen LogP contribution in [0.4, 0.5) is 5.69 Å². The number of hydrogen-bond donors (Lipinski definition) is 1. The summed E-state index contributed by atoms with van der Waals surface area (Å²) in [7, 11) is 0. The van der Waals surface area contributed by atoms with Crippen molar-refractivity contribution in [1.29, 1.82) is 0 Å². The summed E-state index contributed by atoms with van der Waals surface area (Å²) in [5, 5.41) is 11.6. The minimum absolute atomic E-state index is 0.183. The molecule has 0 fully saturated rings. The molecule has 168 valence electrons. The zero-order chi connectivity index (χ0) is 23.2. The summed E-state index contributed by atoms with van der Waals surface area (Å²) < 4.78 is 11.7. The maximum Gasteiger partial charge on any atom is 0.358 e. The first-order chi connectivity index (χ1) is 16.0. The van der Waals surface area contributed by atoms with Crippen LogP contribution in [0.5, 0.6) is 0 Å². The third-order valence-electron chi connectivity index (χ3n) is 4.63. The second kappa shape index (κ2) is 10.1. The molecular formula is C23H20ClN5O4. The van der Waals surface area contributed by atoms with Crippen LogP contribution in [0.1, 0.15) is 29.7 Å². The van der Waals surface area contributed by atoms with Crippen LogP contribution in [0.25, 0.3) is 17.1 Å². The minimum Gasteiger partial charge on any atom is -0.461 e. The number of halogens is 1. The lowest BCUT2D eigenvalue weighted by Crippen LogP contribution is -2.12. The van der Waals surface area contributed by atoms with Gasteiger partial charge < -0.3 is 14.6 Å². The molecule has 0 saturated heterocycles. The predicted molar refractivity (Wildman–Crippen MR) is 121 cm³/mol. The van der Waals surface area contributed by atoms with Gasteiger partial charge in [-0.15, -0.1) is 0 Å². The smallest absolute Gasteiger partial charge is 0.358 e. The minimum atomic E-state index is -0.471. The maximum absolute atomic E-state index is 12.3. The average Bonchev–Trinajstić information content (AvgIpc) is 3.49. The molecule has 0 unspecified atom stereocenters. The van der Waals surface area contributed by atoms with E-state index in [1.165, 1.54) is 0 Å². The number of hydrogen-bond acceptors (Lipinski definition) is 7. The Balaban J connectivity index is 1.30. The monoisotopic (exact) mass is 465 g/mol. The molecular weight excluding hydrogens is 446 g/mol. The first-order valence-corrected chi connectivity index (χ1v) is 10.6. The highest BCUT2D eigenvalue weighted by atomic mass is 35.5. The molecule has 10 heteroatoms. The molecule has 2 aromatic heterocycles. The second-order valence-electron chi connectivity index (χ2n) is 6.98. The third kappa shape index (κ3) is 5.64. The fourth-order valence-electron chi connectivity index (χ4n) is 3.00. The summed E-state index contributed by atoms with van der Waals surface area (Å²) in [6.45, 7) is 2.03. The third-order valence-corrected chi connectivity index (χ3v) is 4.88. The number of anilines is 1. The highest BCUT2D eigenvalue weighted by Crippen LogP contribution is 2.19. The van der Waals surface area contributed by atoms with Crippen molar-refractivity contribution in [3.63, 3.8) is 0 Å². The summed E-state index contributed by atoms with van der Waals surface area (Å²) >= 11 is 5.89. The molecule has 0 aliphatic rings. The lowest BCUT2D eigenvalue weighted by atomic mass is 10.2. The van der Waals surface area contributed by atoms with Gasteiger partial charge in [-0.25, -0.2) is 9.48 Å². The summed E-state index contributed by atoms with van der Waals surface area (Å²) in [4.78, 5) is 28.4. The average molecular weight is 466 g/mol. The molecule has 0 aliphatic heterocycles. The van der Waals surface area contributed by atoms with Crippen molar-refractivity contribution in [3.05, 3.63) is 77.4 Å². The molecule has 0 aliphatic carbocycles. The van der Waals surface area contributed by atoms with Crippen LogP contribution in [0.2, 0.25) is 5.02 Å². The number of rotatable bonds is 8. The second-order valence-corrected chi connectivity index (χ2v) is 7.42. The van der Waals surface area contributed by atoms with Crippen LogP contribution in [-0.4, -0.2) is 38.4 Å². The largest absolute Gasteiger partial charge is 0.461 e. The van der Waals surface area contributed by atoms with Gasteiger partial charge in [0.2, 0.25) is 17.6 Å². The molecule has 9 nitrogen and oxygen atoms in total. The van der Waals surface area contributed by atoms with Crippen LogP contribution < -0.4 is 5.32 Å². The SMILES string of the molecule is CCOC(=O)c1ccn(-c2ccc(NC(=O)CCc3nc(-c4ccc(Cl)cc4)no3)cc2)n1. The van der Waals surface area contributed by atoms with Crippen molar-refractivity contribution >= 4 is 29.2 Å². The number of amides is 1. The van der Waals surface area contributed by atoms with Gasteiger partial charge in [-0.2, -0.15) is 10.1 Å². The zero-order valence-corrected chi connectivity index (χ0v) is 18.5. The molecule has 33 heavy (non-hydrogen) atoms. The summed E-state index contributed by atoms with van der Waals surface area (Å²) in [6, 6.07) is 15.8. The molecule has 2 heterocycles. The van der Waals surface area contributed by atoms with Crippen LogP contribution in [0.15, 0.2) is 65.3 Å².